The minimum atomic E-state index is -2.53. The maximum atomic E-state index is 10.2. The van der Waals surface area contributed by atoms with Crippen LogP contribution in [0.2, 0.25) is 6.04 Å². The van der Waals surface area contributed by atoms with Gasteiger partial charge in [-0.1, -0.05) is 0 Å². The Hall–Kier alpha value is -0.673. The minimum Gasteiger partial charge on any atom is -0.450 e. The SMILES string of the molecule is O=C(O)OCCCC[Si]12OCCN(CCO1)CCO2. The van der Waals surface area contributed by atoms with E-state index in [1.807, 2.05) is 0 Å². The predicted molar refractivity (Wildman–Crippen MR) is 68.1 cm³/mol. The van der Waals surface area contributed by atoms with E-state index >= 15 is 0 Å². The first kappa shape index (κ1) is 14.7. The van der Waals surface area contributed by atoms with Crippen LogP contribution in [-0.4, -0.2) is 71.0 Å². The topological polar surface area (TPSA) is 77.5 Å². The van der Waals surface area contributed by atoms with E-state index in [-0.39, 0.29) is 6.61 Å². The first-order chi connectivity index (χ1) is 9.20. The van der Waals surface area contributed by atoms with Crippen molar-refractivity contribution in [3.63, 3.8) is 0 Å². The first-order valence-corrected chi connectivity index (χ1v) is 8.63. The zero-order valence-corrected chi connectivity index (χ0v) is 12.0. The monoisotopic (exact) mass is 291 g/mol. The van der Waals surface area contributed by atoms with E-state index in [4.69, 9.17) is 18.4 Å². The molecule has 3 saturated heterocycles. The number of nitrogens with zero attached hydrogens (tertiary/aromatic N) is 1. The van der Waals surface area contributed by atoms with Gasteiger partial charge in [-0.25, -0.2) is 4.79 Å². The van der Waals surface area contributed by atoms with Crippen LogP contribution in [0.5, 0.6) is 0 Å². The molecule has 3 aliphatic heterocycles. The van der Waals surface area contributed by atoms with Crippen LogP contribution in [0, 0.1) is 0 Å². The molecule has 0 aromatic rings. The van der Waals surface area contributed by atoms with Gasteiger partial charge in [-0.15, -0.1) is 0 Å². The van der Waals surface area contributed by atoms with Gasteiger partial charge in [0.1, 0.15) is 0 Å². The third-order valence-corrected chi connectivity index (χ3v) is 6.19. The lowest BCUT2D eigenvalue weighted by atomic mass is 10.4. The van der Waals surface area contributed by atoms with E-state index in [9.17, 15) is 4.79 Å². The van der Waals surface area contributed by atoms with Crippen molar-refractivity contribution in [1.29, 1.82) is 0 Å². The maximum Gasteiger partial charge on any atom is 0.505 e. The van der Waals surface area contributed by atoms with Gasteiger partial charge < -0.3 is 23.1 Å². The number of fused-ring (bicyclic) bond motifs is 6. The molecule has 7 nitrogen and oxygen atoms in total. The Morgan fingerprint density at radius 2 is 1.68 bits per heavy atom. The molecule has 3 heterocycles. The van der Waals surface area contributed by atoms with Crippen molar-refractivity contribution in [2.24, 2.45) is 0 Å². The second kappa shape index (κ2) is 7.20. The van der Waals surface area contributed by atoms with Crippen LogP contribution in [0.15, 0.2) is 0 Å². The van der Waals surface area contributed by atoms with E-state index in [0.29, 0.717) is 26.2 Å². The highest BCUT2D eigenvalue weighted by Crippen LogP contribution is 2.22. The number of carbonyl (C=O) groups is 1. The lowest BCUT2D eigenvalue weighted by Gasteiger charge is -2.38. The normalized spacial score (nSPS) is 31.3. The fourth-order valence-corrected chi connectivity index (χ4v) is 4.84. The summed E-state index contributed by atoms with van der Waals surface area (Å²) in [4.78, 5) is 12.5. The minimum absolute atomic E-state index is 0.216. The Balaban J connectivity index is 1.76. The van der Waals surface area contributed by atoms with Crippen molar-refractivity contribution >= 4 is 15.0 Å². The Bertz CT molecular complexity index is 276. The van der Waals surface area contributed by atoms with E-state index in [1.54, 1.807) is 0 Å². The molecular formula is C11H21NO6Si. The van der Waals surface area contributed by atoms with Crippen LogP contribution in [0.4, 0.5) is 4.79 Å². The second-order valence-electron chi connectivity index (χ2n) is 4.64. The molecule has 3 rings (SSSR count). The highest BCUT2D eigenvalue weighted by atomic mass is 28.4. The zero-order chi connectivity index (χ0) is 13.6. The molecular weight excluding hydrogens is 270 g/mol. The van der Waals surface area contributed by atoms with Crippen molar-refractivity contribution in [1.82, 2.24) is 4.90 Å². The summed E-state index contributed by atoms with van der Waals surface area (Å²) in [6.07, 6.45) is 0.239. The summed E-state index contributed by atoms with van der Waals surface area (Å²) >= 11 is 0. The Morgan fingerprint density at radius 3 is 2.21 bits per heavy atom. The van der Waals surface area contributed by atoms with Crippen molar-refractivity contribution in [3.05, 3.63) is 0 Å². The van der Waals surface area contributed by atoms with Crippen LogP contribution in [0.25, 0.3) is 0 Å². The van der Waals surface area contributed by atoms with Gasteiger partial charge in [-0.2, -0.15) is 0 Å². The third kappa shape index (κ3) is 4.73. The first-order valence-electron chi connectivity index (χ1n) is 6.70. The smallest absolute Gasteiger partial charge is 0.450 e. The van der Waals surface area contributed by atoms with Crippen molar-refractivity contribution in [3.8, 4) is 0 Å². The number of ether oxygens (including phenoxy) is 1. The molecule has 0 aromatic carbocycles. The van der Waals surface area contributed by atoms with Gasteiger partial charge in [0.15, 0.2) is 0 Å². The van der Waals surface area contributed by atoms with E-state index in [0.717, 1.165) is 32.1 Å². The summed E-state index contributed by atoms with van der Waals surface area (Å²) < 4.78 is 22.1. The maximum absolute atomic E-state index is 10.2. The van der Waals surface area contributed by atoms with Crippen LogP contribution in [0.3, 0.4) is 0 Å². The highest BCUT2D eigenvalue weighted by molar-refractivity contribution is 6.60. The van der Waals surface area contributed by atoms with Gasteiger partial charge in [0.2, 0.25) is 0 Å². The lowest BCUT2D eigenvalue weighted by Crippen LogP contribution is -2.54. The number of hydrogen-bond donors (Lipinski definition) is 1. The van der Waals surface area contributed by atoms with Gasteiger partial charge in [0.25, 0.3) is 0 Å². The molecule has 2 bridgehead atoms. The Labute approximate surface area is 113 Å². The highest BCUT2D eigenvalue weighted by Gasteiger charge is 2.43. The molecule has 0 unspecified atom stereocenters. The average molecular weight is 291 g/mol. The van der Waals surface area contributed by atoms with Gasteiger partial charge in [0.05, 0.1) is 26.4 Å². The molecule has 0 saturated carbocycles. The average Bonchev–Trinajstić information content (AvgIpc) is 2.28. The predicted octanol–water partition coefficient (Wildman–Crippen LogP) is 0.779. The fourth-order valence-electron chi connectivity index (χ4n) is 2.27. The lowest BCUT2D eigenvalue weighted by molar-refractivity contribution is -0.00875. The number of carboxylic acid groups (broad SMARTS) is 1. The summed E-state index contributed by atoms with van der Waals surface area (Å²) in [6.45, 7) is 4.97. The van der Waals surface area contributed by atoms with Crippen LogP contribution in [-0.2, 0) is 18.0 Å². The van der Waals surface area contributed by atoms with Crippen LogP contribution >= 0.6 is 0 Å². The van der Waals surface area contributed by atoms with E-state index in [1.165, 1.54) is 0 Å². The summed E-state index contributed by atoms with van der Waals surface area (Å²) in [5.74, 6) is 0. The van der Waals surface area contributed by atoms with Crippen molar-refractivity contribution in [2.75, 3.05) is 46.1 Å². The number of hydrogen-bond acceptors (Lipinski definition) is 6. The van der Waals surface area contributed by atoms with Gasteiger partial charge in [-0.05, 0) is 12.8 Å². The molecule has 3 aliphatic rings. The standard InChI is InChI=1S/C11H21NO6Si/c13-11(14)15-6-1-2-10-19-16-7-3-12(4-8-17-19)5-9-18-19/h1-10H2,(H,13,14). The summed E-state index contributed by atoms with van der Waals surface area (Å²) in [5.41, 5.74) is 0. The van der Waals surface area contributed by atoms with Crippen molar-refractivity contribution < 1.29 is 27.9 Å². The van der Waals surface area contributed by atoms with Crippen molar-refractivity contribution in [2.45, 2.75) is 18.9 Å². The number of rotatable bonds is 5. The van der Waals surface area contributed by atoms with Gasteiger partial charge in [0, 0.05) is 25.7 Å². The summed E-state index contributed by atoms with van der Waals surface area (Å²) in [6, 6.07) is 0.732. The molecule has 110 valence electrons. The quantitative estimate of drug-likeness (QED) is 0.455. The Kier molecular flexibility index (Phi) is 5.58. The summed E-state index contributed by atoms with van der Waals surface area (Å²) in [7, 11) is -2.53. The zero-order valence-electron chi connectivity index (χ0n) is 11.0. The number of unbranched alkanes of at least 4 members (excludes halogenated alkanes) is 1. The molecule has 0 atom stereocenters. The molecule has 0 aromatic heterocycles. The molecule has 0 spiro atoms. The largest absolute Gasteiger partial charge is 0.505 e. The molecule has 0 aliphatic carbocycles. The van der Waals surface area contributed by atoms with E-state index < -0.39 is 15.0 Å². The van der Waals surface area contributed by atoms with Gasteiger partial charge >= 0.3 is 15.0 Å². The second-order valence-corrected chi connectivity index (χ2v) is 7.37. The molecule has 0 amide bonds. The summed E-state index contributed by atoms with van der Waals surface area (Å²) in [5, 5.41) is 8.38. The molecule has 8 heteroatoms. The molecule has 3 fully saturated rings. The fraction of sp³-hybridized carbons (Fsp3) is 0.909. The van der Waals surface area contributed by atoms with E-state index in [2.05, 4.69) is 9.64 Å². The molecule has 0 radical (unpaired) electrons. The Morgan fingerprint density at radius 1 is 1.11 bits per heavy atom. The molecule has 1 N–H and O–H groups in total. The molecule has 19 heavy (non-hydrogen) atoms. The van der Waals surface area contributed by atoms with Crippen LogP contribution in [0.1, 0.15) is 12.8 Å². The van der Waals surface area contributed by atoms with Crippen LogP contribution < -0.4 is 0 Å². The van der Waals surface area contributed by atoms with Gasteiger partial charge in [-0.3, -0.25) is 4.90 Å². The third-order valence-electron chi connectivity index (χ3n) is 3.29.